The summed E-state index contributed by atoms with van der Waals surface area (Å²) in [4.78, 5) is 17.0. The summed E-state index contributed by atoms with van der Waals surface area (Å²) in [5.74, 6) is -0.407. The van der Waals surface area contributed by atoms with Crippen molar-refractivity contribution in [2.75, 3.05) is 5.32 Å². The molecule has 2 N–H and O–H groups in total. The van der Waals surface area contributed by atoms with E-state index < -0.39 is 5.91 Å². The van der Waals surface area contributed by atoms with Gasteiger partial charge in [0.05, 0.1) is 20.8 Å². The molecule has 0 unspecified atom stereocenters. The molecule has 0 aliphatic carbocycles. The molecule has 1 heterocycles. The summed E-state index contributed by atoms with van der Waals surface area (Å²) in [5, 5.41) is 7.47. The molecule has 3 aromatic carbocycles. The number of amides is 1. The summed E-state index contributed by atoms with van der Waals surface area (Å²) in [5.41, 5.74) is 4.28. The first kappa shape index (κ1) is 20.8. The molecule has 0 atom stereocenters. The number of nitrogens with zero attached hydrogens (tertiary/aromatic N) is 1. The van der Waals surface area contributed by atoms with E-state index in [1.165, 1.54) is 11.6 Å². The Morgan fingerprint density at radius 2 is 1.80 bits per heavy atom. The highest BCUT2D eigenvalue weighted by Crippen LogP contribution is 2.31. The van der Waals surface area contributed by atoms with Gasteiger partial charge in [0, 0.05) is 16.3 Å². The monoisotopic (exact) mass is 471 g/mol. The van der Waals surface area contributed by atoms with Crippen molar-refractivity contribution in [3.63, 3.8) is 0 Å². The molecule has 8 heteroatoms. The fraction of sp³-hybridized carbons (Fsp3) is 0.0455. The predicted octanol–water partition coefficient (Wildman–Crippen LogP) is 6.71. The maximum atomic E-state index is 12.4. The van der Waals surface area contributed by atoms with Gasteiger partial charge in [0.25, 0.3) is 5.91 Å². The summed E-state index contributed by atoms with van der Waals surface area (Å²) >= 11 is 18.8. The van der Waals surface area contributed by atoms with Gasteiger partial charge in [-0.05, 0) is 79.3 Å². The van der Waals surface area contributed by atoms with Crippen molar-refractivity contribution in [3.05, 3.63) is 81.8 Å². The Morgan fingerprint density at radius 3 is 2.53 bits per heavy atom. The fourth-order valence-corrected chi connectivity index (χ4v) is 4.63. The van der Waals surface area contributed by atoms with Crippen molar-refractivity contribution in [2.45, 2.75) is 6.92 Å². The number of thiocarbonyl (C=S) groups is 1. The van der Waals surface area contributed by atoms with E-state index in [9.17, 15) is 4.79 Å². The van der Waals surface area contributed by atoms with Crippen LogP contribution < -0.4 is 10.6 Å². The number of thiazole rings is 1. The molecular weight excluding hydrogens is 457 g/mol. The zero-order valence-electron chi connectivity index (χ0n) is 15.7. The van der Waals surface area contributed by atoms with Gasteiger partial charge < -0.3 is 5.32 Å². The van der Waals surface area contributed by atoms with E-state index in [4.69, 9.17) is 40.4 Å². The Bertz CT molecular complexity index is 1270. The number of hydrogen-bond donors (Lipinski definition) is 2. The van der Waals surface area contributed by atoms with E-state index in [0.29, 0.717) is 10.6 Å². The van der Waals surface area contributed by atoms with Crippen LogP contribution in [0.2, 0.25) is 10.0 Å². The summed E-state index contributed by atoms with van der Waals surface area (Å²) in [7, 11) is 0. The topological polar surface area (TPSA) is 54.0 Å². The smallest absolute Gasteiger partial charge is 0.258 e. The number of fused-ring (bicyclic) bond motifs is 1. The number of nitrogens with one attached hydrogen (secondary N) is 2. The minimum atomic E-state index is -0.407. The van der Waals surface area contributed by atoms with Crippen molar-refractivity contribution in [3.8, 4) is 10.6 Å². The van der Waals surface area contributed by atoms with Crippen LogP contribution in [0.4, 0.5) is 5.69 Å². The summed E-state index contributed by atoms with van der Waals surface area (Å²) in [6.45, 7) is 2.07. The molecule has 0 radical (unpaired) electrons. The van der Waals surface area contributed by atoms with Crippen LogP contribution in [0, 0.1) is 6.92 Å². The predicted molar refractivity (Wildman–Crippen MR) is 130 cm³/mol. The van der Waals surface area contributed by atoms with Gasteiger partial charge in [-0.1, -0.05) is 29.3 Å². The minimum Gasteiger partial charge on any atom is -0.332 e. The number of halogens is 2. The molecule has 4 aromatic rings. The first-order chi connectivity index (χ1) is 14.4. The lowest BCUT2D eigenvalue weighted by molar-refractivity contribution is 0.0978. The van der Waals surface area contributed by atoms with Crippen molar-refractivity contribution >= 4 is 73.7 Å². The minimum absolute atomic E-state index is 0.175. The van der Waals surface area contributed by atoms with Gasteiger partial charge in [0.2, 0.25) is 0 Å². The lowest BCUT2D eigenvalue weighted by atomic mass is 10.2. The summed E-state index contributed by atoms with van der Waals surface area (Å²) in [6, 6.07) is 18.6. The Balaban J connectivity index is 1.43. The maximum absolute atomic E-state index is 12.4. The number of aromatic nitrogens is 1. The molecule has 1 amide bonds. The van der Waals surface area contributed by atoms with E-state index in [1.54, 1.807) is 23.5 Å². The first-order valence-electron chi connectivity index (χ1n) is 8.94. The Hall–Kier alpha value is -2.51. The highest BCUT2D eigenvalue weighted by Gasteiger charge is 2.13. The van der Waals surface area contributed by atoms with Crippen LogP contribution in [0.1, 0.15) is 15.9 Å². The fourth-order valence-electron chi connectivity index (χ4n) is 2.86. The maximum Gasteiger partial charge on any atom is 0.258 e. The standard InChI is InChI=1S/C22H15Cl2N3OS2/c1-12-2-9-18-19(10-12)30-21(26-18)13-3-6-15(7-4-13)25-22(29)27-20(28)16-8-5-14(23)11-17(16)24/h2-11H,1H3,(H2,25,27,28,29). The molecule has 0 fully saturated rings. The van der Waals surface area contributed by atoms with E-state index in [0.717, 1.165) is 26.5 Å². The van der Waals surface area contributed by atoms with Crippen molar-refractivity contribution < 1.29 is 4.79 Å². The third-order valence-corrected chi connectivity index (χ3v) is 6.16. The molecule has 30 heavy (non-hydrogen) atoms. The first-order valence-corrected chi connectivity index (χ1v) is 10.9. The van der Waals surface area contributed by atoms with Crippen LogP contribution in [0.5, 0.6) is 0 Å². The van der Waals surface area contributed by atoms with Crippen molar-refractivity contribution in [1.29, 1.82) is 0 Å². The zero-order valence-corrected chi connectivity index (χ0v) is 18.8. The molecule has 0 aliphatic rings. The second-order valence-electron chi connectivity index (χ2n) is 6.60. The highest BCUT2D eigenvalue weighted by atomic mass is 35.5. The van der Waals surface area contributed by atoms with Crippen LogP contribution >= 0.6 is 46.8 Å². The second kappa shape index (κ2) is 8.70. The number of carbonyl (C=O) groups excluding carboxylic acids is 1. The number of carbonyl (C=O) groups is 1. The molecule has 0 saturated carbocycles. The Morgan fingerprint density at radius 1 is 1.03 bits per heavy atom. The molecule has 0 bridgehead atoms. The van der Waals surface area contributed by atoms with E-state index in [-0.39, 0.29) is 10.1 Å². The van der Waals surface area contributed by atoms with Gasteiger partial charge >= 0.3 is 0 Å². The van der Waals surface area contributed by atoms with Crippen LogP contribution in [0.15, 0.2) is 60.7 Å². The van der Waals surface area contributed by atoms with Crippen molar-refractivity contribution in [1.82, 2.24) is 10.3 Å². The third-order valence-electron chi connectivity index (χ3n) is 4.34. The van der Waals surface area contributed by atoms with Crippen LogP contribution in [-0.4, -0.2) is 16.0 Å². The third kappa shape index (κ3) is 4.63. The van der Waals surface area contributed by atoms with E-state index in [1.807, 2.05) is 30.3 Å². The second-order valence-corrected chi connectivity index (χ2v) is 8.88. The highest BCUT2D eigenvalue weighted by molar-refractivity contribution is 7.80. The normalized spacial score (nSPS) is 10.8. The summed E-state index contributed by atoms with van der Waals surface area (Å²) < 4.78 is 1.16. The number of hydrogen-bond acceptors (Lipinski definition) is 4. The van der Waals surface area contributed by atoms with E-state index >= 15 is 0 Å². The van der Waals surface area contributed by atoms with Gasteiger partial charge in [0.1, 0.15) is 5.01 Å². The molecule has 0 saturated heterocycles. The summed E-state index contributed by atoms with van der Waals surface area (Å²) in [6.07, 6.45) is 0. The SMILES string of the molecule is Cc1ccc2nc(-c3ccc(NC(=S)NC(=O)c4ccc(Cl)cc4Cl)cc3)sc2c1. The van der Waals surface area contributed by atoms with Crippen molar-refractivity contribution in [2.24, 2.45) is 0 Å². The largest absolute Gasteiger partial charge is 0.332 e. The molecule has 0 aliphatic heterocycles. The van der Waals surface area contributed by atoms with Gasteiger partial charge in [-0.15, -0.1) is 11.3 Å². The molecule has 0 spiro atoms. The number of aryl methyl sites for hydroxylation is 1. The molecular formula is C22H15Cl2N3OS2. The van der Waals surface area contributed by atoms with Gasteiger partial charge in [-0.2, -0.15) is 0 Å². The molecule has 4 nitrogen and oxygen atoms in total. The quantitative estimate of drug-likeness (QED) is 0.326. The number of rotatable bonds is 3. The molecule has 4 rings (SSSR count). The van der Waals surface area contributed by atoms with Crippen LogP contribution in [-0.2, 0) is 0 Å². The Kier molecular flexibility index (Phi) is 6.01. The number of anilines is 1. The van der Waals surface area contributed by atoms with Gasteiger partial charge in [0.15, 0.2) is 5.11 Å². The lowest BCUT2D eigenvalue weighted by Gasteiger charge is -2.11. The zero-order chi connectivity index (χ0) is 21.3. The Labute approximate surface area is 192 Å². The van der Waals surface area contributed by atoms with Gasteiger partial charge in [-0.25, -0.2) is 4.98 Å². The van der Waals surface area contributed by atoms with Gasteiger partial charge in [-0.3, -0.25) is 10.1 Å². The number of benzene rings is 3. The lowest BCUT2D eigenvalue weighted by Crippen LogP contribution is -2.34. The van der Waals surface area contributed by atoms with Crippen LogP contribution in [0.3, 0.4) is 0 Å². The van der Waals surface area contributed by atoms with E-state index in [2.05, 4.69) is 29.7 Å². The molecule has 150 valence electrons. The average molecular weight is 472 g/mol. The molecule has 1 aromatic heterocycles. The average Bonchev–Trinajstić information content (AvgIpc) is 3.11. The van der Waals surface area contributed by atoms with Crippen LogP contribution in [0.25, 0.3) is 20.8 Å².